The van der Waals surface area contributed by atoms with Crippen molar-refractivity contribution in [2.24, 2.45) is 22.5 Å². The summed E-state index contributed by atoms with van der Waals surface area (Å²) in [6.45, 7) is 9.71. The van der Waals surface area contributed by atoms with Crippen LogP contribution in [0, 0.1) is 16.7 Å². The van der Waals surface area contributed by atoms with Gasteiger partial charge in [0.2, 0.25) is 5.91 Å². The minimum Gasteiger partial charge on any atom is -0.377 e. The van der Waals surface area contributed by atoms with Gasteiger partial charge in [0.15, 0.2) is 0 Å². The van der Waals surface area contributed by atoms with E-state index in [1.165, 1.54) is 0 Å². The first-order valence-corrected chi connectivity index (χ1v) is 7.55. The van der Waals surface area contributed by atoms with Crippen LogP contribution in [0.25, 0.3) is 0 Å². The molecule has 1 amide bonds. The average Bonchev–Trinajstić information content (AvgIpc) is 2.85. The van der Waals surface area contributed by atoms with Crippen LogP contribution in [-0.2, 0) is 9.53 Å². The fourth-order valence-electron chi connectivity index (χ4n) is 3.86. The zero-order chi connectivity index (χ0) is 14.3. The molecule has 0 spiro atoms. The van der Waals surface area contributed by atoms with Crippen molar-refractivity contribution in [1.29, 1.82) is 0 Å². The molecular formula is C15H28N2O2. The van der Waals surface area contributed by atoms with Gasteiger partial charge in [-0.1, -0.05) is 27.7 Å². The third kappa shape index (κ3) is 2.09. The Balaban J connectivity index is 2.07. The number of amides is 1. The molecule has 2 fully saturated rings. The van der Waals surface area contributed by atoms with Crippen LogP contribution in [0.15, 0.2) is 0 Å². The highest BCUT2D eigenvalue weighted by atomic mass is 16.5. The predicted octanol–water partition coefficient (Wildman–Crippen LogP) is 1.68. The quantitative estimate of drug-likeness (QED) is 0.797. The van der Waals surface area contributed by atoms with E-state index in [2.05, 4.69) is 19.2 Å². The van der Waals surface area contributed by atoms with E-state index in [9.17, 15) is 4.79 Å². The fourth-order valence-corrected chi connectivity index (χ4v) is 3.86. The van der Waals surface area contributed by atoms with E-state index in [1.54, 1.807) is 0 Å². The molecule has 1 saturated carbocycles. The minimum absolute atomic E-state index is 0.0403. The molecule has 19 heavy (non-hydrogen) atoms. The molecule has 2 rings (SSSR count). The largest absolute Gasteiger partial charge is 0.377 e. The molecule has 0 aromatic heterocycles. The summed E-state index contributed by atoms with van der Waals surface area (Å²) in [5.74, 6) is 0.617. The topological polar surface area (TPSA) is 64.4 Å². The van der Waals surface area contributed by atoms with E-state index in [0.29, 0.717) is 18.6 Å². The van der Waals surface area contributed by atoms with Gasteiger partial charge in [-0.3, -0.25) is 4.79 Å². The Bertz CT molecular complexity index is 342. The average molecular weight is 268 g/mol. The van der Waals surface area contributed by atoms with Crippen molar-refractivity contribution in [3.8, 4) is 0 Å². The molecule has 2 aliphatic rings. The number of carbonyl (C=O) groups excluding carboxylic acids is 1. The highest BCUT2D eigenvalue weighted by Crippen LogP contribution is 2.52. The van der Waals surface area contributed by atoms with E-state index >= 15 is 0 Å². The van der Waals surface area contributed by atoms with Gasteiger partial charge in [0, 0.05) is 30.5 Å². The number of hydrogen-bond donors (Lipinski definition) is 2. The summed E-state index contributed by atoms with van der Waals surface area (Å²) in [5, 5.41) is 3.27. The summed E-state index contributed by atoms with van der Waals surface area (Å²) < 4.78 is 5.77. The highest BCUT2D eigenvalue weighted by molar-refractivity contribution is 5.83. The Labute approximate surface area is 116 Å². The molecule has 1 heterocycles. The molecule has 1 saturated heterocycles. The van der Waals surface area contributed by atoms with Crippen molar-refractivity contribution in [2.45, 2.75) is 59.1 Å². The Kier molecular flexibility index (Phi) is 3.94. The number of nitrogens with two attached hydrogens (primary N) is 1. The summed E-state index contributed by atoms with van der Waals surface area (Å²) >= 11 is 0. The predicted molar refractivity (Wildman–Crippen MR) is 75.6 cm³/mol. The van der Waals surface area contributed by atoms with Crippen molar-refractivity contribution in [2.75, 3.05) is 13.2 Å². The van der Waals surface area contributed by atoms with Gasteiger partial charge in [0.25, 0.3) is 0 Å². The summed E-state index contributed by atoms with van der Waals surface area (Å²) in [6.07, 6.45) is 2.97. The molecule has 0 aromatic carbocycles. The summed E-state index contributed by atoms with van der Waals surface area (Å²) in [5.41, 5.74) is 5.49. The van der Waals surface area contributed by atoms with Crippen LogP contribution in [0.4, 0.5) is 0 Å². The van der Waals surface area contributed by atoms with Gasteiger partial charge in [0.05, 0.1) is 11.5 Å². The van der Waals surface area contributed by atoms with E-state index in [1.807, 2.05) is 13.8 Å². The zero-order valence-corrected chi connectivity index (χ0v) is 12.7. The smallest absolute Gasteiger partial charge is 0.227 e. The molecular weight excluding hydrogens is 240 g/mol. The molecule has 3 atom stereocenters. The van der Waals surface area contributed by atoms with Gasteiger partial charge in [-0.05, 0) is 19.3 Å². The molecule has 3 unspecified atom stereocenters. The van der Waals surface area contributed by atoms with Gasteiger partial charge in [-0.25, -0.2) is 0 Å². The molecule has 1 aliphatic carbocycles. The second-order valence-corrected chi connectivity index (χ2v) is 6.71. The van der Waals surface area contributed by atoms with Crippen LogP contribution in [-0.4, -0.2) is 31.2 Å². The van der Waals surface area contributed by atoms with Crippen LogP contribution >= 0.6 is 0 Å². The first kappa shape index (κ1) is 14.8. The van der Waals surface area contributed by atoms with Gasteiger partial charge in [0.1, 0.15) is 0 Å². The SMILES string of the molecule is CCC(CC)(CN)C(=O)NC1C2CCOC2C1(C)C. The maximum Gasteiger partial charge on any atom is 0.227 e. The van der Waals surface area contributed by atoms with Crippen LogP contribution in [0.1, 0.15) is 47.0 Å². The number of fused-ring (bicyclic) bond motifs is 1. The van der Waals surface area contributed by atoms with E-state index in [-0.39, 0.29) is 17.4 Å². The molecule has 3 N–H and O–H groups in total. The number of carbonyl (C=O) groups is 1. The van der Waals surface area contributed by atoms with Crippen molar-refractivity contribution in [3.05, 3.63) is 0 Å². The second kappa shape index (κ2) is 5.06. The third-order valence-corrected chi connectivity index (χ3v) is 5.61. The van der Waals surface area contributed by atoms with E-state index < -0.39 is 5.41 Å². The Morgan fingerprint density at radius 3 is 2.58 bits per heavy atom. The molecule has 1 aliphatic heterocycles. The van der Waals surface area contributed by atoms with Gasteiger partial charge >= 0.3 is 0 Å². The lowest BCUT2D eigenvalue weighted by molar-refractivity contribution is -0.146. The zero-order valence-electron chi connectivity index (χ0n) is 12.7. The maximum absolute atomic E-state index is 12.6. The molecule has 4 heteroatoms. The first-order valence-electron chi connectivity index (χ1n) is 7.55. The highest BCUT2D eigenvalue weighted by Gasteiger charge is 2.60. The summed E-state index contributed by atoms with van der Waals surface area (Å²) in [6, 6.07) is 0.233. The third-order valence-electron chi connectivity index (χ3n) is 5.61. The van der Waals surface area contributed by atoms with Gasteiger partial charge < -0.3 is 15.8 Å². The van der Waals surface area contributed by atoms with Crippen molar-refractivity contribution in [1.82, 2.24) is 5.32 Å². The van der Waals surface area contributed by atoms with E-state index in [4.69, 9.17) is 10.5 Å². The van der Waals surface area contributed by atoms with Crippen LogP contribution in [0.2, 0.25) is 0 Å². The van der Waals surface area contributed by atoms with E-state index in [0.717, 1.165) is 25.9 Å². The lowest BCUT2D eigenvalue weighted by Gasteiger charge is -2.55. The van der Waals surface area contributed by atoms with Crippen LogP contribution < -0.4 is 11.1 Å². The van der Waals surface area contributed by atoms with Crippen molar-refractivity contribution < 1.29 is 9.53 Å². The monoisotopic (exact) mass is 268 g/mol. The molecule has 4 nitrogen and oxygen atoms in total. The standard InChI is InChI=1S/C15H28N2O2/c1-5-15(6-2,9-16)13(18)17-11-10-7-8-19-12(10)14(11,3)4/h10-12H,5-9,16H2,1-4H3,(H,17,18). The van der Waals surface area contributed by atoms with Gasteiger partial charge in [-0.2, -0.15) is 0 Å². The molecule has 110 valence electrons. The summed E-state index contributed by atoms with van der Waals surface area (Å²) in [7, 11) is 0. The number of hydrogen-bond acceptors (Lipinski definition) is 3. The number of ether oxygens (including phenoxy) is 1. The van der Waals surface area contributed by atoms with Crippen LogP contribution in [0.5, 0.6) is 0 Å². The molecule has 0 radical (unpaired) electrons. The fraction of sp³-hybridized carbons (Fsp3) is 0.933. The Morgan fingerprint density at radius 2 is 2.05 bits per heavy atom. The van der Waals surface area contributed by atoms with Gasteiger partial charge in [-0.15, -0.1) is 0 Å². The first-order chi connectivity index (χ1) is 8.93. The lowest BCUT2D eigenvalue weighted by atomic mass is 9.57. The van der Waals surface area contributed by atoms with Crippen molar-refractivity contribution >= 4 is 5.91 Å². The normalized spacial score (nSPS) is 32.6. The number of nitrogens with one attached hydrogen (secondary N) is 1. The Hall–Kier alpha value is -0.610. The van der Waals surface area contributed by atoms with Crippen molar-refractivity contribution in [3.63, 3.8) is 0 Å². The Morgan fingerprint density at radius 1 is 1.42 bits per heavy atom. The lowest BCUT2D eigenvalue weighted by Crippen LogP contribution is -2.68. The molecule has 0 bridgehead atoms. The van der Waals surface area contributed by atoms with Crippen LogP contribution in [0.3, 0.4) is 0 Å². The maximum atomic E-state index is 12.6. The summed E-state index contributed by atoms with van der Waals surface area (Å²) in [4.78, 5) is 12.6. The minimum atomic E-state index is -0.402. The number of rotatable bonds is 5. The molecule has 0 aromatic rings. The second-order valence-electron chi connectivity index (χ2n) is 6.71.